The fourth-order valence-corrected chi connectivity index (χ4v) is 4.62. The van der Waals surface area contributed by atoms with Crippen LogP contribution in [0.2, 0.25) is 0 Å². The number of methoxy groups -OCH3 is 1. The molecule has 0 aromatic heterocycles. The van der Waals surface area contributed by atoms with Crippen molar-refractivity contribution in [2.45, 2.75) is 30.6 Å². The van der Waals surface area contributed by atoms with Gasteiger partial charge in [0.25, 0.3) is 0 Å². The van der Waals surface area contributed by atoms with Crippen LogP contribution in [0.1, 0.15) is 36.4 Å². The summed E-state index contributed by atoms with van der Waals surface area (Å²) < 4.78 is 29.1. The summed E-state index contributed by atoms with van der Waals surface area (Å²) in [5, 5.41) is -0.744. The molecule has 2 N–H and O–H groups in total. The van der Waals surface area contributed by atoms with E-state index in [4.69, 9.17) is 5.73 Å². The zero-order chi connectivity index (χ0) is 14.9. The third-order valence-corrected chi connectivity index (χ3v) is 5.93. The molecule has 1 aromatic rings. The molecule has 0 saturated heterocycles. The monoisotopic (exact) mass is 297 g/mol. The van der Waals surface area contributed by atoms with E-state index < -0.39 is 32.9 Å². The number of hydrogen-bond acceptors (Lipinski definition) is 5. The van der Waals surface area contributed by atoms with E-state index in [1.165, 1.54) is 7.11 Å². The SMILES string of the molecule is COC(=O)CS(=O)(=O)C1CC(C)c2ccccc2C1N. The molecular weight excluding hydrogens is 278 g/mol. The van der Waals surface area contributed by atoms with Crippen molar-refractivity contribution in [1.82, 2.24) is 0 Å². The van der Waals surface area contributed by atoms with Crippen LogP contribution < -0.4 is 5.73 Å². The number of sulfone groups is 1. The first-order chi connectivity index (χ1) is 9.36. The Labute approximate surface area is 119 Å². The molecule has 1 aliphatic rings. The minimum absolute atomic E-state index is 0.100. The Morgan fingerprint density at radius 3 is 2.55 bits per heavy atom. The van der Waals surface area contributed by atoms with Gasteiger partial charge >= 0.3 is 5.97 Å². The first-order valence-electron chi connectivity index (χ1n) is 6.49. The van der Waals surface area contributed by atoms with Crippen molar-refractivity contribution in [3.63, 3.8) is 0 Å². The molecule has 0 aliphatic heterocycles. The van der Waals surface area contributed by atoms with Crippen LogP contribution in [-0.4, -0.2) is 32.5 Å². The van der Waals surface area contributed by atoms with Crippen molar-refractivity contribution in [2.24, 2.45) is 5.73 Å². The Morgan fingerprint density at radius 2 is 1.95 bits per heavy atom. The van der Waals surface area contributed by atoms with E-state index in [0.717, 1.165) is 11.1 Å². The fraction of sp³-hybridized carbons (Fsp3) is 0.500. The highest BCUT2D eigenvalue weighted by Gasteiger charge is 2.39. The van der Waals surface area contributed by atoms with E-state index in [1.54, 1.807) is 0 Å². The molecule has 0 amide bonds. The fourth-order valence-electron chi connectivity index (χ4n) is 2.79. The lowest BCUT2D eigenvalue weighted by molar-refractivity contribution is -0.137. The van der Waals surface area contributed by atoms with E-state index in [-0.39, 0.29) is 5.92 Å². The molecular formula is C14H19NO4S. The maximum absolute atomic E-state index is 12.3. The third-order valence-electron chi connectivity index (χ3n) is 3.88. The number of fused-ring (bicyclic) bond motifs is 1. The van der Waals surface area contributed by atoms with E-state index in [0.29, 0.717) is 6.42 Å². The zero-order valence-corrected chi connectivity index (χ0v) is 12.4. The highest BCUT2D eigenvalue weighted by molar-refractivity contribution is 7.92. The standard InChI is InChI=1S/C14H19NO4S/c1-9-7-12(20(17,18)8-13(16)19-2)14(15)11-6-4-3-5-10(9)11/h3-6,9,12,14H,7-8,15H2,1-2H3. The predicted octanol–water partition coefficient (Wildman–Crippen LogP) is 1.15. The van der Waals surface area contributed by atoms with E-state index >= 15 is 0 Å². The summed E-state index contributed by atoms with van der Waals surface area (Å²) in [4.78, 5) is 11.3. The number of hydrogen-bond donors (Lipinski definition) is 1. The number of ether oxygens (including phenoxy) is 1. The van der Waals surface area contributed by atoms with Crippen molar-refractivity contribution < 1.29 is 17.9 Å². The van der Waals surface area contributed by atoms with Crippen molar-refractivity contribution in [3.05, 3.63) is 35.4 Å². The van der Waals surface area contributed by atoms with Gasteiger partial charge in [0.2, 0.25) is 0 Å². The lowest BCUT2D eigenvalue weighted by atomic mass is 9.81. The molecule has 3 atom stereocenters. The number of carbonyl (C=O) groups is 1. The maximum Gasteiger partial charge on any atom is 0.320 e. The smallest absolute Gasteiger partial charge is 0.320 e. The van der Waals surface area contributed by atoms with Gasteiger partial charge in [-0.3, -0.25) is 4.79 Å². The van der Waals surface area contributed by atoms with Gasteiger partial charge in [-0.05, 0) is 23.5 Å². The highest BCUT2D eigenvalue weighted by Crippen LogP contribution is 2.39. The molecule has 0 radical (unpaired) electrons. The number of esters is 1. The van der Waals surface area contributed by atoms with Crippen LogP contribution in [0.4, 0.5) is 0 Å². The summed E-state index contributed by atoms with van der Waals surface area (Å²) in [5.41, 5.74) is 8.06. The molecule has 0 heterocycles. The van der Waals surface area contributed by atoms with Gasteiger partial charge in [0.15, 0.2) is 9.84 Å². The average Bonchev–Trinajstić information content (AvgIpc) is 2.42. The number of nitrogens with two attached hydrogens (primary N) is 1. The molecule has 0 spiro atoms. The summed E-state index contributed by atoms with van der Waals surface area (Å²) in [5.74, 6) is -1.26. The van der Waals surface area contributed by atoms with Gasteiger partial charge in [0.05, 0.1) is 12.4 Å². The second-order valence-electron chi connectivity index (χ2n) is 5.21. The van der Waals surface area contributed by atoms with Gasteiger partial charge in [-0.15, -0.1) is 0 Å². The number of benzene rings is 1. The van der Waals surface area contributed by atoms with Crippen LogP contribution >= 0.6 is 0 Å². The Bertz CT molecular complexity index is 611. The second-order valence-corrected chi connectivity index (χ2v) is 7.43. The van der Waals surface area contributed by atoms with Crippen LogP contribution in [0.25, 0.3) is 0 Å². The van der Waals surface area contributed by atoms with Gasteiger partial charge in [0.1, 0.15) is 5.75 Å². The van der Waals surface area contributed by atoms with E-state index in [9.17, 15) is 13.2 Å². The highest BCUT2D eigenvalue weighted by atomic mass is 32.2. The number of carbonyl (C=O) groups excluding carboxylic acids is 1. The molecule has 0 bridgehead atoms. The molecule has 0 fully saturated rings. The topological polar surface area (TPSA) is 86.5 Å². The molecule has 5 nitrogen and oxygen atoms in total. The van der Waals surface area contributed by atoms with Crippen molar-refractivity contribution in [3.8, 4) is 0 Å². The normalized spacial score (nSPS) is 25.9. The quantitative estimate of drug-likeness (QED) is 0.846. The molecule has 0 saturated carbocycles. The van der Waals surface area contributed by atoms with Crippen molar-refractivity contribution >= 4 is 15.8 Å². The Kier molecular flexibility index (Phi) is 4.15. The zero-order valence-electron chi connectivity index (χ0n) is 11.6. The molecule has 3 unspecified atom stereocenters. The van der Waals surface area contributed by atoms with E-state index in [2.05, 4.69) is 4.74 Å². The molecule has 1 aliphatic carbocycles. The molecule has 2 rings (SSSR count). The van der Waals surface area contributed by atoms with Crippen LogP contribution in [-0.2, 0) is 19.4 Å². The van der Waals surface area contributed by atoms with Gasteiger partial charge in [0, 0.05) is 6.04 Å². The third kappa shape index (κ3) is 2.71. The molecule has 1 aromatic carbocycles. The molecule has 20 heavy (non-hydrogen) atoms. The Balaban J connectivity index is 2.34. The lowest BCUT2D eigenvalue weighted by Gasteiger charge is -2.34. The summed E-state index contributed by atoms with van der Waals surface area (Å²) in [6.07, 6.45) is 0.428. The lowest BCUT2D eigenvalue weighted by Crippen LogP contribution is -2.41. The van der Waals surface area contributed by atoms with Crippen LogP contribution in [0.3, 0.4) is 0 Å². The van der Waals surface area contributed by atoms with Crippen LogP contribution in [0.15, 0.2) is 24.3 Å². The predicted molar refractivity (Wildman–Crippen MR) is 76.0 cm³/mol. The molecule has 110 valence electrons. The van der Waals surface area contributed by atoms with Gasteiger partial charge in [-0.2, -0.15) is 0 Å². The minimum atomic E-state index is -3.62. The largest absolute Gasteiger partial charge is 0.468 e. The summed E-state index contributed by atoms with van der Waals surface area (Å²) in [7, 11) is -2.44. The average molecular weight is 297 g/mol. The summed E-state index contributed by atoms with van der Waals surface area (Å²) in [6, 6.07) is 7.00. The Hall–Kier alpha value is -1.40. The van der Waals surface area contributed by atoms with E-state index in [1.807, 2.05) is 31.2 Å². The van der Waals surface area contributed by atoms with Crippen LogP contribution in [0, 0.1) is 0 Å². The van der Waals surface area contributed by atoms with Gasteiger partial charge in [-0.25, -0.2) is 8.42 Å². The summed E-state index contributed by atoms with van der Waals surface area (Å²) >= 11 is 0. The second kappa shape index (κ2) is 5.54. The maximum atomic E-state index is 12.3. The van der Waals surface area contributed by atoms with Gasteiger partial charge < -0.3 is 10.5 Å². The minimum Gasteiger partial charge on any atom is -0.468 e. The number of rotatable bonds is 3. The van der Waals surface area contributed by atoms with Gasteiger partial charge in [-0.1, -0.05) is 31.2 Å². The van der Waals surface area contributed by atoms with Crippen molar-refractivity contribution in [2.75, 3.05) is 12.9 Å². The van der Waals surface area contributed by atoms with Crippen LogP contribution in [0.5, 0.6) is 0 Å². The summed E-state index contributed by atoms with van der Waals surface area (Å²) in [6.45, 7) is 1.98. The first-order valence-corrected chi connectivity index (χ1v) is 8.21. The molecule has 6 heteroatoms. The first kappa shape index (κ1) is 15.0. The Morgan fingerprint density at radius 1 is 1.35 bits per heavy atom. The van der Waals surface area contributed by atoms with Crippen molar-refractivity contribution in [1.29, 1.82) is 0 Å².